The van der Waals surface area contributed by atoms with Gasteiger partial charge in [-0.25, -0.2) is 0 Å². The van der Waals surface area contributed by atoms with Crippen LogP contribution < -0.4 is 10.1 Å². The van der Waals surface area contributed by atoms with Gasteiger partial charge in [0, 0.05) is 11.4 Å². The summed E-state index contributed by atoms with van der Waals surface area (Å²) in [4.78, 5) is 12.9. The molecule has 4 heteroatoms. The first kappa shape index (κ1) is 13.6. The monoisotopic (exact) mass is 275 g/mol. The maximum Gasteiger partial charge on any atom is 0.257 e. The van der Waals surface area contributed by atoms with Crippen molar-refractivity contribution in [1.29, 1.82) is 0 Å². The molecule has 0 bridgehead atoms. The van der Waals surface area contributed by atoms with Gasteiger partial charge in [0.05, 0.1) is 0 Å². The Labute approximate surface area is 117 Å². The normalized spacial score (nSPS) is 10.2. The molecule has 0 aliphatic heterocycles. The first-order valence-electron chi connectivity index (χ1n) is 6.23. The molecule has 2 rings (SSSR count). The van der Waals surface area contributed by atoms with Crippen LogP contribution in [0.3, 0.4) is 0 Å². The van der Waals surface area contributed by atoms with E-state index >= 15 is 0 Å². The minimum atomic E-state index is -0.0835. The van der Waals surface area contributed by atoms with Crippen molar-refractivity contribution in [3.8, 4) is 5.75 Å². The van der Waals surface area contributed by atoms with E-state index in [2.05, 4.69) is 11.4 Å². The Hall–Kier alpha value is -1.81. The Kier molecular flexibility index (Phi) is 4.98. The summed E-state index contributed by atoms with van der Waals surface area (Å²) in [6.07, 6.45) is 0.869. The van der Waals surface area contributed by atoms with E-state index in [1.165, 1.54) is 4.88 Å². The van der Waals surface area contributed by atoms with Crippen molar-refractivity contribution in [2.75, 3.05) is 13.2 Å². The summed E-state index contributed by atoms with van der Waals surface area (Å²) >= 11 is 1.70. The van der Waals surface area contributed by atoms with Gasteiger partial charge in [0.1, 0.15) is 5.75 Å². The molecule has 0 radical (unpaired) electrons. The number of hydrogen-bond acceptors (Lipinski definition) is 3. The fraction of sp³-hybridized carbons (Fsp3) is 0.267. The van der Waals surface area contributed by atoms with E-state index in [0.29, 0.717) is 6.54 Å². The van der Waals surface area contributed by atoms with Crippen LogP contribution in [0.25, 0.3) is 0 Å². The van der Waals surface area contributed by atoms with Gasteiger partial charge in [-0.2, -0.15) is 0 Å². The molecule has 19 heavy (non-hydrogen) atoms. The highest BCUT2D eigenvalue weighted by Gasteiger charge is 2.04. The summed E-state index contributed by atoms with van der Waals surface area (Å²) in [6.45, 7) is 2.68. The Bertz CT molecular complexity index is 523. The third-order valence-corrected chi connectivity index (χ3v) is 3.66. The van der Waals surface area contributed by atoms with Crippen LogP contribution in [0.4, 0.5) is 0 Å². The summed E-state index contributed by atoms with van der Waals surface area (Å²) < 4.78 is 5.48. The van der Waals surface area contributed by atoms with E-state index in [4.69, 9.17) is 4.74 Å². The standard InChI is InChI=1S/C15H17NO2S/c1-12-5-2-3-7-14(12)18-11-15(17)16-9-8-13-6-4-10-19-13/h2-7,10H,8-9,11H2,1H3,(H,16,17). The Morgan fingerprint density at radius 1 is 1.26 bits per heavy atom. The van der Waals surface area contributed by atoms with E-state index in [9.17, 15) is 4.79 Å². The lowest BCUT2D eigenvalue weighted by atomic mass is 10.2. The third kappa shape index (κ3) is 4.41. The molecule has 1 aromatic heterocycles. The lowest BCUT2D eigenvalue weighted by Gasteiger charge is -2.09. The van der Waals surface area contributed by atoms with Crippen LogP contribution in [0.5, 0.6) is 5.75 Å². The van der Waals surface area contributed by atoms with Crippen molar-refractivity contribution in [2.24, 2.45) is 0 Å². The molecular formula is C15H17NO2S. The van der Waals surface area contributed by atoms with Gasteiger partial charge >= 0.3 is 0 Å². The molecule has 0 aliphatic carbocycles. The summed E-state index contributed by atoms with van der Waals surface area (Å²) in [6, 6.07) is 11.8. The van der Waals surface area contributed by atoms with Gasteiger partial charge in [-0.3, -0.25) is 4.79 Å². The summed E-state index contributed by atoms with van der Waals surface area (Å²) in [5, 5.41) is 4.89. The number of nitrogens with one attached hydrogen (secondary N) is 1. The van der Waals surface area contributed by atoms with E-state index in [1.54, 1.807) is 11.3 Å². The highest BCUT2D eigenvalue weighted by atomic mass is 32.1. The number of hydrogen-bond donors (Lipinski definition) is 1. The smallest absolute Gasteiger partial charge is 0.257 e. The lowest BCUT2D eigenvalue weighted by molar-refractivity contribution is -0.123. The van der Waals surface area contributed by atoms with Crippen molar-refractivity contribution in [3.05, 3.63) is 52.2 Å². The zero-order valence-corrected chi connectivity index (χ0v) is 11.7. The van der Waals surface area contributed by atoms with Crippen molar-refractivity contribution in [2.45, 2.75) is 13.3 Å². The predicted molar refractivity (Wildman–Crippen MR) is 77.7 cm³/mol. The maximum absolute atomic E-state index is 11.6. The molecule has 0 spiro atoms. The van der Waals surface area contributed by atoms with Gasteiger partial charge in [-0.1, -0.05) is 24.3 Å². The number of carbonyl (C=O) groups is 1. The molecule has 1 amide bonds. The van der Waals surface area contributed by atoms with Gasteiger partial charge in [0.25, 0.3) is 5.91 Å². The SMILES string of the molecule is Cc1ccccc1OCC(=O)NCCc1cccs1. The highest BCUT2D eigenvalue weighted by molar-refractivity contribution is 7.09. The molecule has 1 N–H and O–H groups in total. The maximum atomic E-state index is 11.6. The molecule has 0 atom stereocenters. The van der Waals surface area contributed by atoms with Gasteiger partial charge in [-0.15, -0.1) is 11.3 Å². The molecule has 0 saturated heterocycles. The Morgan fingerprint density at radius 3 is 2.84 bits per heavy atom. The molecule has 1 aromatic carbocycles. The van der Waals surface area contributed by atoms with Crippen molar-refractivity contribution >= 4 is 17.2 Å². The zero-order chi connectivity index (χ0) is 13.5. The predicted octanol–water partition coefficient (Wildman–Crippen LogP) is 2.79. The van der Waals surface area contributed by atoms with Gasteiger partial charge < -0.3 is 10.1 Å². The molecular weight excluding hydrogens is 258 g/mol. The zero-order valence-electron chi connectivity index (χ0n) is 10.9. The minimum Gasteiger partial charge on any atom is -0.484 e. The molecule has 0 fully saturated rings. The highest BCUT2D eigenvalue weighted by Crippen LogP contribution is 2.15. The van der Waals surface area contributed by atoms with Crippen LogP contribution in [0.15, 0.2) is 41.8 Å². The fourth-order valence-corrected chi connectivity index (χ4v) is 2.40. The Balaban J connectivity index is 1.69. The molecule has 0 saturated carbocycles. The number of aryl methyl sites for hydroxylation is 1. The first-order chi connectivity index (χ1) is 9.25. The van der Waals surface area contributed by atoms with Gasteiger partial charge in [0.15, 0.2) is 6.61 Å². The second kappa shape index (κ2) is 6.95. The Morgan fingerprint density at radius 2 is 2.11 bits per heavy atom. The van der Waals surface area contributed by atoms with E-state index in [0.717, 1.165) is 17.7 Å². The van der Waals surface area contributed by atoms with Crippen LogP contribution >= 0.6 is 11.3 Å². The van der Waals surface area contributed by atoms with Crippen LogP contribution in [0, 0.1) is 6.92 Å². The fourth-order valence-electron chi connectivity index (χ4n) is 1.69. The number of amides is 1. The third-order valence-electron chi connectivity index (χ3n) is 2.73. The van der Waals surface area contributed by atoms with Crippen molar-refractivity contribution < 1.29 is 9.53 Å². The summed E-state index contributed by atoms with van der Waals surface area (Å²) in [5.74, 6) is 0.677. The van der Waals surface area contributed by atoms with Crippen LogP contribution in [0.2, 0.25) is 0 Å². The molecule has 0 aliphatic rings. The lowest BCUT2D eigenvalue weighted by Crippen LogP contribution is -2.30. The number of para-hydroxylation sites is 1. The average molecular weight is 275 g/mol. The molecule has 1 heterocycles. The first-order valence-corrected chi connectivity index (χ1v) is 7.11. The van der Waals surface area contributed by atoms with Crippen LogP contribution in [0.1, 0.15) is 10.4 Å². The minimum absolute atomic E-state index is 0.0648. The van der Waals surface area contributed by atoms with Crippen molar-refractivity contribution in [3.63, 3.8) is 0 Å². The molecule has 3 nitrogen and oxygen atoms in total. The topological polar surface area (TPSA) is 38.3 Å². The van der Waals surface area contributed by atoms with Gasteiger partial charge in [-0.05, 0) is 36.4 Å². The summed E-state index contributed by atoms with van der Waals surface area (Å²) in [5.41, 5.74) is 1.04. The van der Waals surface area contributed by atoms with Gasteiger partial charge in [0.2, 0.25) is 0 Å². The number of thiophene rings is 1. The van der Waals surface area contributed by atoms with E-state index in [1.807, 2.05) is 42.6 Å². The average Bonchev–Trinajstić information content (AvgIpc) is 2.91. The number of benzene rings is 1. The molecule has 100 valence electrons. The second-order valence-electron chi connectivity index (χ2n) is 4.23. The number of ether oxygens (including phenoxy) is 1. The summed E-state index contributed by atoms with van der Waals surface area (Å²) in [7, 11) is 0. The van der Waals surface area contributed by atoms with Crippen LogP contribution in [-0.4, -0.2) is 19.1 Å². The van der Waals surface area contributed by atoms with Crippen molar-refractivity contribution in [1.82, 2.24) is 5.32 Å². The van der Waals surface area contributed by atoms with E-state index < -0.39 is 0 Å². The largest absolute Gasteiger partial charge is 0.484 e. The number of rotatable bonds is 6. The van der Waals surface area contributed by atoms with E-state index in [-0.39, 0.29) is 12.5 Å². The number of carbonyl (C=O) groups excluding carboxylic acids is 1. The quantitative estimate of drug-likeness (QED) is 0.880. The second-order valence-corrected chi connectivity index (χ2v) is 5.27. The van der Waals surface area contributed by atoms with Crippen LogP contribution in [-0.2, 0) is 11.2 Å². The molecule has 0 unspecified atom stereocenters. The molecule has 2 aromatic rings.